The smallest absolute Gasteiger partial charge is 0.228 e. The average molecular weight is 308 g/mol. The predicted molar refractivity (Wildman–Crippen MR) is 79.4 cm³/mol. The Bertz CT molecular complexity index is 499. The molecular weight excluding hydrogens is 284 g/mol. The van der Waals surface area contributed by atoms with Crippen LogP contribution < -0.4 is 0 Å². The molecule has 0 radical (unpaired) electrons. The SMILES string of the molecule is Cc1nonc1CC(=O)N1CCCO[C@@H](CN2CCCC2)C1. The van der Waals surface area contributed by atoms with Crippen molar-refractivity contribution in [2.45, 2.75) is 38.7 Å². The van der Waals surface area contributed by atoms with Gasteiger partial charge >= 0.3 is 0 Å². The van der Waals surface area contributed by atoms with E-state index in [-0.39, 0.29) is 18.4 Å². The van der Waals surface area contributed by atoms with Crippen LogP contribution in [0, 0.1) is 6.92 Å². The Morgan fingerprint density at radius 3 is 2.77 bits per heavy atom. The fourth-order valence-corrected chi connectivity index (χ4v) is 3.15. The lowest BCUT2D eigenvalue weighted by atomic mass is 10.2. The second-order valence-corrected chi connectivity index (χ2v) is 6.17. The Hall–Kier alpha value is -1.47. The van der Waals surface area contributed by atoms with Crippen LogP contribution in [0.3, 0.4) is 0 Å². The molecule has 3 heterocycles. The Labute approximate surface area is 130 Å². The minimum absolute atomic E-state index is 0.0794. The van der Waals surface area contributed by atoms with E-state index in [9.17, 15) is 4.79 Å². The van der Waals surface area contributed by atoms with Crippen LogP contribution in [0.4, 0.5) is 0 Å². The highest BCUT2D eigenvalue weighted by molar-refractivity contribution is 5.78. The van der Waals surface area contributed by atoms with Crippen molar-refractivity contribution in [1.29, 1.82) is 0 Å². The molecule has 1 aromatic heterocycles. The third-order valence-electron chi connectivity index (χ3n) is 4.43. The molecule has 0 N–H and O–H groups in total. The van der Waals surface area contributed by atoms with E-state index in [0.29, 0.717) is 17.9 Å². The first-order chi connectivity index (χ1) is 10.7. The molecule has 1 aromatic rings. The summed E-state index contributed by atoms with van der Waals surface area (Å²) < 4.78 is 10.6. The summed E-state index contributed by atoms with van der Waals surface area (Å²) in [6, 6.07) is 0. The molecule has 2 aliphatic heterocycles. The first-order valence-corrected chi connectivity index (χ1v) is 8.12. The zero-order valence-electron chi connectivity index (χ0n) is 13.2. The molecule has 0 aromatic carbocycles. The summed E-state index contributed by atoms with van der Waals surface area (Å²) in [5, 5.41) is 7.53. The molecule has 7 nitrogen and oxygen atoms in total. The van der Waals surface area contributed by atoms with Gasteiger partial charge in [-0.05, 0) is 39.3 Å². The van der Waals surface area contributed by atoms with Gasteiger partial charge in [0.15, 0.2) is 0 Å². The second-order valence-electron chi connectivity index (χ2n) is 6.17. The zero-order valence-corrected chi connectivity index (χ0v) is 13.2. The topological polar surface area (TPSA) is 71.7 Å². The molecule has 0 bridgehead atoms. The largest absolute Gasteiger partial charge is 0.375 e. The molecule has 2 saturated heterocycles. The number of aryl methyl sites for hydroxylation is 1. The Balaban J connectivity index is 1.56. The minimum Gasteiger partial charge on any atom is -0.375 e. The Morgan fingerprint density at radius 1 is 1.23 bits per heavy atom. The normalized spacial score (nSPS) is 23.7. The van der Waals surface area contributed by atoms with E-state index < -0.39 is 0 Å². The summed E-state index contributed by atoms with van der Waals surface area (Å²) in [5.74, 6) is 0.0794. The first kappa shape index (κ1) is 15.4. The maximum absolute atomic E-state index is 12.5. The van der Waals surface area contributed by atoms with Gasteiger partial charge in [-0.3, -0.25) is 4.79 Å². The second kappa shape index (κ2) is 7.19. The Morgan fingerprint density at radius 2 is 2.05 bits per heavy atom. The van der Waals surface area contributed by atoms with Crippen molar-refractivity contribution >= 4 is 5.91 Å². The highest BCUT2D eigenvalue weighted by Crippen LogP contribution is 2.14. The van der Waals surface area contributed by atoms with Gasteiger partial charge in [0.1, 0.15) is 11.4 Å². The number of carbonyl (C=O) groups is 1. The molecule has 3 rings (SSSR count). The van der Waals surface area contributed by atoms with E-state index in [1.54, 1.807) is 6.92 Å². The minimum atomic E-state index is 0.0794. The molecule has 22 heavy (non-hydrogen) atoms. The quantitative estimate of drug-likeness (QED) is 0.812. The molecule has 0 unspecified atom stereocenters. The molecule has 0 spiro atoms. The van der Waals surface area contributed by atoms with Gasteiger partial charge in [-0.15, -0.1) is 0 Å². The van der Waals surface area contributed by atoms with E-state index >= 15 is 0 Å². The van der Waals surface area contributed by atoms with Crippen molar-refractivity contribution in [2.75, 3.05) is 39.3 Å². The van der Waals surface area contributed by atoms with Crippen LogP contribution in [0.5, 0.6) is 0 Å². The summed E-state index contributed by atoms with van der Waals surface area (Å²) in [4.78, 5) is 16.8. The van der Waals surface area contributed by atoms with Crippen molar-refractivity contribution in [3.8, 4) is 0 Å². The molecule has 1 amide bonds. The van der Waals surface area contributed by atoms with Crippen LogP contribution in [0.2, 0.25) is 0 Å². The fraction of sp³-hybridized carbons (Fsp3) is 0.800. The number of rotatable bonds is 4. The zero-order chi connectivity index (χ0) is 15.4. The van der Waals surface area contributed by atoms with Gasteiger partial charge in [-0.25, -0.2) is 4.63 Å². The van der Waals surface area contributed by atoms with Crippen LogP contribution in [0.25, 0.3) is 0 Å². The predicted octanol–water partition coefficient (Wildman–Crippen LogP) is 0.634. The number of carbonyl (C=O) groups excluding carboxylic acids is 1. The van der Waals surface area contributed by atoms with E-state index in [0.717, 1.165) is 39.2 Å². The molecule has 1 atom stereocenters. The summed E-state index contributed by atoms with van der Waals surface area (Å²) >= 11 is 0. The van der Waals surface area contributed by atoms with Crippen LogP contribution in [0.15, 0.2) is 4.63 Å². The van der Waals surface area contributed by atoms with Gasteiger partial charge in [-0.2, -0.15) is 0 Å². The number of nitrogens with zero attached hydrogens (tertiary/aromatic N) is 4. The maximum atomic E-state index is 12.5. The lowest BCUT2D eigenvalue weighted by Gasteiger charge is -2.26. The van der Waals surface area contributed by atoms with Gasteiger partial charge in [0.05, 0.1) is 12.5 Å². The van der Waals surface area contributed by atoms with Crippen LogP contribution in [-0.4, -0.2) is 71.5 Å². The monoisotopic (exact) mass is 308 g/mol. The third kappa shape index (κ3) is 3.84. The highest BCUT2D eigenvalue weighted by atomic mass is 16.6. The summed E-state index contributed by atoms with van der Waals surface area (Å²) in [7, 11) is 0. The number of likely N-dealkylation sites (tertiary alicyclic amines) is 1. The van der Waals surface area contributed by atoms with E-state index in [1.807, 2.05) is 4.90 Å². The van der Waals surface area contributed by atoms with Gasteiger partial charge in [0.2, 0.25) is 5.91 Å². The van der Waals surface area contributed by atoms with E-state index in [4.69, 9.17) is 4.74 Å². The number of hydrogen-bond acceptors (Lipinski definition) is 6. The van der Waals surface area contributed by atoms with Gasteiger partial charge in [-0.1, -0.05) is 10.3 Å². The van der Waals surface area contributed by atoms with Gasteiger partial charge in [0, 0.05) is 26.2 Å². The number of aromatic nitrogens is 2. The van der Waals surface area contributed by atoms with Crippen molar-refractivity contribution < 1.29 is 14.2 Å². The van der Waals surface area contributed by atoms with Gasteiger partial charge < -0.3 is 14.5 Å². The third-order valence-corrected chi connectivity index (χ3v) is 4.43. The summed E-state index contributed by atoms with van der Waals surface area (Å²) in [6.07, 6.45) is 3.80. The summed E-state index contributed by atoms with van der Waals surface area (Å²) in [6.45, 7) is 7.18. The molecular formula is C15H24N4O3. The van der Waals surface area contributed by atoms with Crippen molar-refractivity contribution in [1.82, 2.24) is 20.1 Å². The van der Waals surface area contributed by atoms with Gasteiger partial charge in [0.25, 0.3) is 0 Å². The number of amides is 1. The van der Waals surface area contributed by atoms with E-state index in [2.05, 4.69) is 19.8 Å². The molecule has 2 fully saturated rings. The molecule has 7 heteroatoms. The van der Waals surface area contributed by atoms with Crippen molar-refractivity contribution in [3.63, 3.8) is 0 Å². The molecule has 2 aliphatic rings. The molecule has 122 valence electrons. The lowest BCUT2D eigenvalue weighted by molar-refractivity contribution is -0.131. The van der Waals surface area contributed by atoms with Crippen LogP contribution in [-0.2, 0) is 16.0 Å². The number of hydrogen-bond donors (Lipinski definition) is 0. The Kier molecular flexibility index (Phi) is 5.04. The van der Waals surface area contributed by atoms with Crippen LogP contribution in [0.1, 0.15) is 30.7 Å². The van der Waals surface area contributed by atoms with Crippen LogP contribution >= 0.6 is 0 Å². The summed E-state index contributed by atoms with van der Waals surface area (Å²) in [5.41, 5.74) is 1.32. The average Bonchev–Trinajstić information content (AvgIpc) is 3.08. The van der Waals surface area contributed by atoms with Crippen molar-refractivity contribution in [3.05, 3.63) is 11.4 Å². The van der Waals surface area contributed by atoms with E-state index in [1.165, 1.54) is 12.8 Å². The lowest BCUT2D eigenvalue weighted by Crippen LogP contribution is -2.42. The number of ether oxygens (including phenoxy) is 1. The fourth-order valence-electron chi connectivity index (χ4n) is 3.15. The first-order valence-electron chi connectivity index (χ1n) is 8.12. The standard InChI is InChI=1S/C15H24N4O3/c1-12-14(17-22-16-12)9-15(20)19-7-4-8-21-13(11-19)10-18-5-2-3-6-18/h13H,2-11H2,1H3/t13-/m0/s1. The molecule has 0 saturated carbocycles. The van der Waals surface area contributed by atoms with Crippen molar-refractivity contribution in [2.24, 2.45) is 0 Å². The molecule has 0 aliphatic carbocycles. The maximum Gasteiger partial charge on any atom is 0.228 e. The highest BCUT2D eigenvalue weighted by Gasteiger charge is 2.26.